The van der Waals surface area contributed by atoms with Crippen LogP contribution in [0.4, 0.5) is 5.69 Å². The number of phenolic OH excluding ortho intramolecular Hbond substituents is 2. The zero-order valence-electron chi connectivity index (χ0n) is 17.9. The van der Waals surface area contributed by atoms with Gasteiger partial charge in [-0.3, -0.25) is 19.8 Å². The lowest BCUT2D eigenvalue weighted by Crippen LogP contribution is -2.45. The summed E-state index contributed by atoms with van der Waals surface area (Å²) in [5.41, 5.74) is -0.928. The number of benzene rings is 2. The van der Waals surface area contributed by atoms with Crippen molar-refractivity contribution >= 4 is 22.6 Å². The molecule has 1 amide bonds. The molecule has 1 aliphatic heterocycles. The summed E-state index contributed by atoms with van der Waals surface area (Å²) in [5.74, 6) is -2.65. The maximum atomic E-state index is 12.7. The van der Waals surface area contributed by atoms with E-state index in [1.807, 2.05) is 12.1 Å². The molecule has 174 valence electrons. The second-order valence-electron chi connectivity index (χ2n) is 8.05. The van der Waals surface area contributed by atoms with Crippen molar-refractivity contribution in [3.05, 3.63) is 73.6 Å². The Morgan fingerprint density at radius 3 is 2.50 bits per heavy atom. The molecule has 0 bridgehead atoms. The van der Waals surface area contributed by atoms with Crippen molar-refractivity contribution in [1.29, 1.82) is 5.26 Å². The Morgan fingerprint density at radius 1 is 1.21 bits per heavy atom. The van der Waals surface area contributed by atoms with Gasteiger partial charge in [0.25, 0.3) is 5.91 Å². The summed E-state index contributed by atoms with van der Waals surface area (Å²) in [6.07, 6.45) is 1.31. The van der Waals surface area contributed by atoms with Crippen LogP contribution in [-0.4, -0.2) is 45.1 Å². The maximum absolute atomic E-state index is 12.7. The molecule has 2 heterocycles. The molecule has 0 unspecified atom stereocenters. The van der Waals surface area contributed by atoms with Crippen LogP contribution in [0.1, 0.15) is 34.3 Å². The zero-order chi connectivity index (χ0) is 24.4. The molecule has 0 atom stereocenters. The average molecular weight is 464 g/mol. The quantitative estimate of drug-likeness (QED) is 0.222. The number of likely N-dealkylation sites (tertiary alicyclic amines) is 1. The number of hydrogen-bond acceptors (Lipinski definition) is 9. The summed E-state index contributed by atoms with van der Waals surface area (Å²) in [6, 6.07) is 11.3. The van der Waals surface area contributed by atoms with E-state index in [9.17, 15) is 29.9 Å². The van der Waals surface area contributed by atoms with Crippen LogP contribution in [0.5, 0.6) is 11.5 Å². The lowest BCUT2D eigenvalue weighted by atomic mass is 10.0. The van der Waals surface area contributed by atoms with Crippen molar-refractivity contribution in [3.63, 3.8) is 0 Å². The summed E-state index contributed by atoms with van der Waals surface area (Å²) in [4.78, 5) is 37.5. The number of fused-ring (bicyclic) bond motifs is 1. The molecule has 0 spiro atoms. The molecule has 0 saturated carbocycles. The number of aromatic hydroxyl groups is 2. The first-order valence-electron chi connectivity index (χ1n) is 10.5. The van der Waals surface area contributed by atoms with E-state index in [2.05, 4.69) is 16.3 Å². The Balaban J connectivity index is 1.43. The van der Waals surface area contributed by atoms with E-state index in [0.29, 0.717) is 18.4 Å². The zero-order valence-corrected chi connectivity index (χ0v) is 17.9. The molecule has 1 aliphatic rings. The highest BCUT2D eigenvalue weighted by Gasteiger charge is 2.26. The van der Waals surface area contributed by atoms with Gasteiger partial charge in [-0.25, -0.2) is 4.79 Å². The number of carbonyl (C=O) groups is 1. The van der Waals surface area contributed by atoms with E-state index in [-0.39, 0.29) is 17.0 Å². The molecule has 4 rings (SSSR count). The van der Waals surface area contributed by atoms with Gasteiger partial charge in [0, 0.05) is 37.1 Å². The van der Waals surface area contributed by atoms with Crippen LogP contribution in [0.15, 0.2) is 45.6 Å². The number of carbonyl (C=O) groups excluding carboxylic acids is 1. The third-order valence-electron chi connectivity index (χ3n) is 5.80. The van der Waals surface area contributed by atoms with E-state index in [4.69, 9.17) is 9.68 Å². The standard InChI is InChI=1S/C23H20N4O7/c24-11-13-1-3-14(4-2-13)12-26-7-5-16(6-8-26)25-22(30)17-9-15-10-18(27(32)33)19(28)20(29)21(15)34-23(17)31/h1-4,9-10,16,28-29H,5-8,12H2,(H,25,30). The molecule has 11 heteroatoms. The Kier molecular flexibility index (Phi) is 6.16. The van der Waals surface area contributed by atoms with Crippen molar-refractivity contribution in [2.24, 2.45) is 0 Å². The largest absolute Gasteiger partial charge is 0.501 e. The molecule has 1 fully saturated rings. The van der Waals surface area contributed by atoms with Crippen molar-refractivity contribution in [2.45, 2.75) is 25.4 Å². The summed E-state index contributed by atoms with van der Waals surface area (Å²) in [5, 5.41) is 42.4. The van der Waals surface area contributed by atoms with Crippen molar-refractivity contribution < 1.29 is 24.3 Å². The van der Waals surface area contributed by atoms with Crippen molar-refractivity contribution in [2.75, 3.05) is 13.1 Å². The highest BCUT2D eigenvalue weighted by Crippen LogP contribution is 2.41. The number of rotatable bonds is 5. The Hall–Kier alpha value is -4.43. The number of amides is 1. The van der Waals surface area contributed by atoms with Crippen LogP contribution in [-0.2, 0) is 6.54 Å². The fourth-order valence-corrected chi connectivity index (χ4v) is 3.96. The first-order valence-corrected chi connectivity index (χ1v) is 10.5. The summed E-state index contributed by atoms with van der Waals surface area (Å²) in [6.45, 7) is 2.16. The fourth-order valence-electron chi connectivity index (χ4n) is 3.96. The summed E-state index contributed by atoms with van der Waals surface area (Å²) in [7, 11) is 0. The highest BCUT2D eigenvalue weighted by molar-refractivity contribution is 5.98. The van der Waals surface area contributed by atoms with Crippen molar-refractivity contribution in [1.82, 2.24) is 10.2 Å². The van der Waals surface area contributed by atoms with Gasteiger partial charge in [0.1, 0.15) is 5.56 Å². The topological polar surface area (TPSA) is 170 Å². The minimum Gasteiger partial charge on any atom is -0.501 e. The SMILES string of the molecule is N#Cc1ccc(CN2CCC(NC(=O)c3cc4cc([N+](=O)[O-])c(O)c(O)c4oc3=O)CC2)cc1. The molecule has 11 nitrogen and oxygen atoms in total. The number of nitro benzene ring substituents is 1. The van der Waals surface area contributed by atoms with Crippen LogP contribution in [0.3, 0.4) is 0 Å². The third-order valence-corrected chi connectivity index (χ3v) is 5.80. The van der Waals surface area contributed by atoms with Crippen LogP contribution >= 0.6 is 0 Å². The lowest BCUT2D eigenvalue weighted by Gasteiger charge is -2.32. The number of nitrogens with zero attached hydrogens (tertiary/aromatic N) is 3. The van der Waals surface area contributed by atoms with Crippen LogP contribution in [0.25, 0.3) is 11.0 Å². The van der Waals surface area contributed by atoms with E-state index >= 15 is 0 Å². The second kappa shape index (κ2) is 9.21. The number of nitro groups is 1. The lowest BCUT2D eigenvalue weighted by molar-refractivity contribution is -0.385. The fraction of sp³-hybridized carbons (Fsp3) is 0.261. The molecule has 3 aromatic rings. The van der Waals surface area contributed by atoms with Gasteiger partial charge in [-0.05, 0) is 36.6 Å². The minimum atomic E-state index is -1.04. The average Bonchev–Trinajstić information content (AvgIpc) is 2.83. The predicted molar refractivity (Wildman–Crippen MR) is 119 cm³/mol. The van der Waals surface area contributed by atoms with Gasteiger partial charge in [0.05, 0.1) is 16.6 Å². The van der Waals surface area contributed by atoms with Gasteiger partial charge in [-0.2, -0.15) is 5.26 Å². The first kappa shape index (κ1) is 22.8. The van der Waals surface area contributed by atoms with Gasteiger partial charge in [-0.1, -0.05) is 12.1 Å². The monoisotopic (exact) mass is 464 g/mol. The second-order valence-corrected chi connectivity index (χ2v) is 8.05. The number of nitrogens with one attached hydrogen (secondary N) is 1. The molecule has 34 heavy (non-hydrogen) atoms. The number of phenols is 2. The predicted octanol–water partition coefficient (Wildman–Crippen LogP) is 2.38. The van der Waals surface area contributed by atoms with Crippen LogP contribution < -0.4 is 10.9 Å². The van der Waals surface area contributed by atoms with Gasteiger partial charge >= 0.3 is 11.3 Å². The van der Waals surface area contributed by atoms with Gasteiger partial charge < -0.3 is 19.9 Å². The highest BCUT2D eigenvalue weighted by atomic mass is 16.6. The molecule has 0 aliphatic carbocycles. The maximum Gasteiger partial charge on any atom is 0.349 e. The van der Waals surface area contributed by atoms with Crippen molar-refractivity contribution in [3.8, 4) is 17.6 Å². The molecule has 3 N–H and O–H groups in total. The third kappa shape index (κ3) is 4.53. The first-order chi connectivity index (χ1) is 16.3. The van der Waals surface area contributed by atoms with E-state index in [1.54, 1.807) is 12.1 Å². The molecule has 1 saturated heterocycles. The van der Waals surface area contributed by atoms with Crippen LogP contribution in [0, 0.1) is 21.4 Å². The van der Waals surface area contributed by atoms with Gasteiger partial charge in [0.2, 0.25) is 11.5 Å². The molecule has 0 radical (unpaired) electrons. The Bertz CT molecular complexity index is 1370. The number of nitriles is 1. The normalized spacial score (nSPS) is 14.6. The van der Waals surface area contributed by atoms with Gasteiger partial charge in [-0.15, -0.1) is 0 Å². The Morgan fingerprint density at radius 2 is 1.88 bits per heavy atom. The number of hydrogen-bond donors (Lipinski definition) is 3. The minimum absolute atomic E-state index is 0.0658. The summed E-state index contributed by atoms with van der Waals surface area (Å²) >= 11 is 0. The van der Waals surface area contributed by atoms with Crippen LogP contribution in [0.2, 0.25) is 0 Å². The molecular formula is C23H20N4O7. The van der Waals surface area contributed by atoms with E-state index < -0.39 is 39.2 Å². The summed E-state index contributed by atoms with van der Waals surface area (Å²) < 4.78 is 4.97. The molecule has 1 aromatic heterocycles. The van der Waals surface area contributed by atoms with E-state index in [1.165, 1.54) is 0 Å². The van der Waals surface area contributed by atoms with E-state index in [0.717, 1.165) is 37.3 Å². The Labute approximate surface area is 192 Å². The molecule has 2 aromatic carbocycles. The van der Waals surface area contributed by atoms with Gasteiger partial charge in [0.15, 0.2) is 5.58 Å². The molecular weight excluding hydrogens is 444 g/mol. The number of piperidine rings is 1. The smallest absolute Gasteiger partial charge is 0.349 e.